The Labute approximate surface area is 163 Å². The summed E-state index contributed by atoms with van der Waals surface area (Å²) in [6.45, 7) is 1.92. The summed E-state index contributed by atoms with van der Waals surface area (Å²) < 4.78 is 1.93. The zero-order valence-electron chi connectivity index (χ0n) is 16.3. The molecule has 4 heterocycles. The Morgan fingerprint density at radius 2 is 1.86 bits per heavy atom. The number of anilines is 3. The second-order valence-electron chi connectivity index (χ2n) is 7.86. The van der Waals surface area contributed by atoms with Crippen LogP contribution in [0.5, 0.6) is 0 Å². The molecule has 1 aliphatic carbocycles. The number of nitrogens with one attached hydrogen (secondary N) is 1. The molecule has 1 saturated carbocycles. The van der Waals surface area contributed by atoms with Gasteiger partial charge in [0.05, 0.1) is 0 Å². The molecule has 146 valence electrons. The van der Waals surface area contributed by atoms with Crippen LogP contribution in [0, 0.1) is 0 Å². The van der Waals surface area contributed by atoms with Gasteiger partial charge in [-0.3, -0.25) is 0 Å². The molecule has 28 heavy (non-hydrogen) atoms. The van der Waals surface area contributed by atoms with Gasteiger partial charge in [0, 0.05) is 45.2 Å². The third-order valence-corrected chi connectivity index (χ3v) is 5.50. The van der Waals surface area contributed by atoms with Gasteiger partial charge in [-0.05, 0) is 37.8 Å². The molecule has 2 aliphatic rings. The van der Waals surface area contributed by atoms with Crippen molar-refractivity contribution in [2.75, 3.05) is 42.3 Å². The molecule has 1 N–H and O–H groups in total. The van der Waals surface area contributed by atoms with Crippen LogP contribution in [-0.2, 0) is 0 Å². The minimum absolute atomic E-state index is 0.404. The van der Waals surface area contributed by atoms with Crippen molar-refractivity contribution in [3.8, 4) is 0 Å². The molecule has 9 nitrogen and oxygen atoms in total. The van der Waals surface area contributed by atoms with Gasteiger partial charge in [0.25, 0.3) is 0 Å². The lowest BCUT2D eigenvalue weighted by atomic mass is 10.1. The number of piperidine rings is 1. The highest BCUT2D eigenvalue weighted by Gasteiger charge is 2.29. The fourth-order valence-electron chi connectivity index (χ4n) is 3.69. The second kappa shape index (κ2) is 6.88. The fraction of sp³-hybridized carbons (Fsp3) is 0.526. The van der Waals surface area contributed by atoms with Gasteiger partial charge < -0.3 is 15.1 Å². The van der Waals surface area contributed by atoms with Gasteiger partial charge in [-0.15, -0.1) is 15.3 Å². The highest BCUT2D eigenvalue weighted by atomic mass is 15.4. The molecule has 0 atom stereocenters. The monoisotopic (exact) mass is 379 g/mol. The van der Waals surface area contributed by atoms with Gasteiger partial charge in [0.15, 0.2) is 11.5 Å². The van der Waals surface area contributed by atoms with Crippen molar-refractivity contribution in [3.05, 3.63) is 30.4 Å². The van der Waals surface area contributed by atoms with Crippen LogP contribution in [0.2, 0.25) is 0 Å². The van der Waals surface area contributed by atoms with E-state index in [4.69, 9.17) is 5.10 Å². The van der Waals surface area contributed by atoms with Crippen LogP contribution in [0.15, 0.2) is 24.5 Å². The van der Waals surface area contributed by atoms with E-state index in [1.54, 1.807) is 6.33 Å². The van der Waals surface area contributed by atoms with E-state index < -0.39 is 0 Å². The highest BCUT2D eigenvalue weighted by Crippen LogP contribution is 2.38. The summed E-state index contributed by atoms with van der Waals surface area (Å²) in [6.07, 6.45) is 6.09. The Kier molecular flexibility index (Phi) is 4.22. The van der Waals surface area contributed by atoms with Crippen molar-refractivity contribution in [2.45, 2.75) is 37.6 Å². The molecule has 0 bridgehead atoms. The standard InChI is InChI=1S/C19H25N9/c1-26(2)18-11-15(20-12-21-18)22-14-7-9-27(10-8-14)17-6-5-16-23-24-19(13-3-4-13)28(16)25-17/h5-6,11-14H,3-4,7-10H2,1-2H3,(H,20,21,22). The van der Waals surface area contributed by atoms with Crippen LogP contribution >= 0.6 is 0 Å². The third-order valence-electron chi connectivity index (χ3n) is 5.50. The van der Waals surface area contributed by atoms with E-state index in [9.17, 15) is 0 Å². The van der Waals surface area contributed by atoms with E-state index in [0.29, 0.717) is 12.0 Å². The van der Waals surface area contributed by atoms with Crippen LogP contribution in [0.4, 0.5) is 17.5 Å². The summed E-state index contributed by atoms with van der Waals surface area (Å²) in [4.78, 5) is 13.0. The Morgan fingerprint density at radius 1 is 1.04 bits per heavy atom. The molecule has 0 radical (unpaired) electrons. The Bertz CT molecular complexity index is 970. The van der Waals surface area contributed by atoms with Gasteiger partial charge in [0.1, 0.15) is 23.8 Å². The number of rotatable bonds is 5. The second-order valence-corrected chi connectivity index (χ2v) is 7.86. The average molecular weight is 379 g/mol. The normalized spacial score (nSPS) is 17.9. The van der Waals surface area contributed by atoms with Gasteiger partial charge >= 0.3 is 0 Å². The van der Waals surface area contributed by atoms with Crippen molar-refractivity contribution in [1.29, 1.82) is 0 Å². The Morgan fingerprint density at radius 3 is 2.61 bits per heavy atom. The van der Waals surface area contributed by atoms with Gasteiger partial charge in [0.2, 0.25) is 0 Å². The zero-order chi connectivity index (χ0) is 19.1. The summed E-state index contributed by atoms with van der Waals surface area (Å²) in [5.41, 5.74) is 0.836. The highest BCUT2D eigenvalue weighted by molar-refractivity contribution is 5.49. The van der Waals surface area contributed by atoms with E-state index in [0.717, 1.165) is 54.9 Å². The maximum atomic E-state index is 4.83. The molecular formula is C19H25N9. The summed E-state index contributed by atoms with van der Waals surface area (Å²) in [5, 5.41) is 17.0. The maximum Gasteiger partial charge on any atom is 0.178 e. The Hall–Kier alpha value is -2.97. The van der Waals surface area contributed by atoms with Crippen LogP contribution in [0.3, 0.4) is 0 Å². The maximum absolute atomic E-state index is 4.83. The van der Waals surface area contributed by atoms with E-state index in [-0.39, 0.29) is 0 Å². The molecule has 3 aromatic heterocycles. The lowest BCUT2D eigenvalue weighted by molar-refractivity contribution is 0.520. The first-order chi connectivity index (χ1) is 13.7. The predicted octanol–water partition coefficient (Wildman–Crippen LogP) is 1.94. The number of hydrogen-bond acceptors (Lipinski definition) is 8. The molecule has 1 aliphatic heterocycles. The first-order valence-corrected chi connectivity index (χ1v) is 9.90. The lowest BCUT2D eigenvalue weighted by Crippen LogP contribution is -2.39. The first-order valence-electron chi connectivity index (χ1n) is 9.90. The van der Waals surface area contributed by atoms with E-state index >= 15 is 0 Å². The summed E-state index contributed by atoms with van der Waals surface area (Å²) in [7, 11) is 3.97. The van der Waals surface area contributed by atoms with Crippen LogP contribution in [0.25, 0.3) is 5.65 Å². The van der Waals surface area contributed by atoms with Crippen molar-refractivity contribution in [1.82, 2.24) is 29.8 Å². The van der Waals surface area contributed by atoms with Crippen LogP contribution in [0.1, 0.15) is 37.4 Å². The molecule has 3 aromatic rings. The first kappa shape index (κ1) is 17.2. The van der Waals surface area contributed by atoms with Crippen molar-refractivity contribution in [2.24, 2.45) is 0 Å². The molecule has 0 aromatic carbocycles. The van der Waals surface area contributed by atoms with Gasteiger partial charge in [-0.2, -0.15) is 4.52 Å². The van der Waals surface area contributed by atoms with E-state index in [1.807, 2.05) is 35.6 Å². The number of aromatic nitrogens is 6. The summed E-state index contributed by atoms with van der Waals surface area (Å²) in [6, 6.07) is 6.48. The number of fused-ring (bicyclic) bond motifs is 1. The van der Waals surface area contributed by atoms with Crippen LogP contribution in [-0.4, -0.2) is 63.0 Å². The molecule has 9 heteroatoms. The van der Waals surface area contributed by atoms with Crippen molar-refractivity contribution >= 4 is 23.1 Å². The smallest absolute Gasteiger partial charge is 0.178 e. The predicted molar refractivity (Wildman–Crippen MR) is 108 cm³/mol. The minimum Gasteiger partial charge on any atom is -0.367 e. The SMILES string of the molecule is CN(C)c1cc(NC2CCN(c3ccc4nnc(C5CC5)n4n3)CC2)ncn1. The van der Waals surface area contributed by atoms with Gasteiger partial charge in [-0.25, -0.2) is 9.97 Å². The number of nitrogens with zero attached hydrogens (tertiary/aromatic N) is 8. The van der Waals surface area contributed by atoms with Crippen LogP contribution < -0.4 is 15.1 Å². The fourth-order valence-corrected chi connectivity index (χ4v) is 3.69. The lowest BCUT2D eigenvalue weighted by Gasteiger charge is -2.33. The summed E-state index contributed by atoms with van der Waals surface area (Å²) >= 11 is 0. The molecule has 0 unspecified atom stereocenters. The van der Waals surface area contributed by atoms with E-state index in [2.05, 4.69) is 36.4 Å². The average Bonchev–Trinajstić information content (AvgIpc) is 3.47. The molecule has 0 spiro atoms. The molecule has 1 saturated heterocycles. The largest absolute Gasteiger partial charge is 0.367 e. The van der Waals surface area contributed by atoms with Gasteiger partial charge in [-0.1, -0.05) is 0 Å². The third kappa shape index (κ3) is 3.32. The number of hydrogen-bond donors (Lipinski definition) is 1. The Balaban J connectivity index is 1.25. The quantitative estimate of drug-likeness (QED) is 0.720. The molecular weight excluding hydrogens is 354 g/mol. The van der Waals surface area contributed by atoms with Crippen molar-refractivity contribution in [3.63, 3.8) is 0 Å². The molecule has 5 rings (SSSR count). The topological polar surface area (TPSA) is 87.4 Å². The van der Waals surface area contributed by atoms with E-state index in [1.165, 1.54) is 12.8 Å². The summed E-state index contributed by atoms with van der Waals surface area (Å²) in [5.74, 6) is 4.34. The zero-order valence-corrected chi connectivity index (χ0v) is 16.3. The molecule has 2 fully saturated rings. The minimum atomic E-state index is 0.404. The van der Waals surface area contributed by atoms with Crippen molar-refractivity contribution < 1.29 is 0 Å². The molecule has 0 amide bonds.